The van der Waals surface area contributed by atoms with Crippen molar-refractivity contribution in [3.63, 3.8) is 0 Å². The van der Waals surface area contributed by atoms with E-state index in [1.807, 2.05) is 0 Å². The van der Waals surface area contributed by atoms with Gasteiger partial charge in [0.25, 0.3) is 0 Å². The molecule has 0 aromatic heterocycles. The SMILES string of the molecule is C=CN=C1C=C(CC(C)(C)C)C=C/C1=C/C(=C)CC(C)(C)CC. The van der Waals surface area contributed by atoms with Crippen LogP contribution < -0.4 is 0 Å². The maximum Gasteiger partial charge on any atom is 0.0704 e. The summed E-state index contributed by atoms with van der Waals surface area (Å²) in [6.45, 7) is 21.6. The molecule has 1 rings (SSSR count). The zero-order chi connectivity index (χ0) is 17.7. The Bertz CT molecular complexity index is 572. The van der Waals surface area contributed by atoms with E-state index in [2.05, 4.69) is 84.0 Å². The first-order valence-electron chi connectivity index (χ1n) is 8.53. The van der Waals surface area contributed by atoms with E-state index in [1.54, 1.807) is 6.20 Å². The molecule has 0 heterocycles. The van der Waals surface area contributed by atoms with Gasteiger partial charge in [-0.2, -0.15) is 0 Å². The lowest BCUT2D eigenvalue weighted by Crippen LogP contribution is -2.11. The molecule has 0 saturated heterocycles. The quantitative estimate of drug-likeness (QED) is 0.511. The summed E-state index contributed by atoms with van der Waals surface area (Å²) in [5.41, 5.74) is 5.13. The maximum atomic E-state index is 4.46. The van der Waals surface area contributed by atoms with Crippen LogP contribution in [0.1, 0.15) is 60.8 Å². The van der Waals surface area contributed by atoms with E-state index in [-0.39, 0.29) is 10.8 Å². The summed E-state index contributed by atoms with van der Waals surface area (Å²) in [6.07, 6.45) is 13.5. The molecule has 0 amide bonds. The normalized spacial score (nSPS) is 19.1. The maximum absolute atomic E-state index is 4.46. The Kier molecular flexibility index (Phi) is 6.56. The molecule has 0 aromatic carbocycles. The molecule has 0 aliphatic heterocycles. The van der Waals surface area contributed by atoms with E-state index in [9.17, 15) is 0 Å². The average molecular weight is 312 g/mol. The second-order valence-corrected chi connectivity index (χ2v) is 8.44. The van der Waals surface area contributed by atoms with E-state index in [0.29, 0.717) is 0 Å². The molecule has 0 fully saturated rings. The van der Waals surface area contributed by atoms with Crippen LogP contribution in [-0.4, -0.2) is 5.71 Å². The number of nitrogens with zero attached hydrogens (tertiary/aromatic N) is 1. The first-order valence-corrected chi connectivity index (χ1v) is 8.53. The predicted molar refractivity (Wildman–Crippen MR) is 105 cm³/mol. The van der Waals surface area contributed by atoms with Crippen molar-refractivity contribution in [1.82, 2.24) is 0 Å². The van der Waals surface area contributed by atoms with Gasteiger partial charge in [0.15, 0.2) is 0 Å². The first-order chi connectivity index (χ1) is 10.6. The Morgan fingerprint density at radius 2 is 1.83 bits per heavy atom. The molecule has 1 nitrogen and oxygen atoms in total. The van der Waals surface area contributed by atoms with Crippen LogP contribution in [0.4, 0.5) is 0 Å². The Morgan fingerprint density at radius 1 is 1.17 bits per heavy atom. The topological polar surface area (TPSA) is 12.4 Å². The minimum absolute atomic E-state index is 0.269. The molecule has 1 aliphatic carbocycles. The van der Waals surface area contributed by atoms with Crippen molar-refractivity contribution in [3.05, 3.63) is 60.4 Å². The highest BCUT2D eigenvalue weighted by Crippen LogP contribution is 2.31. The molecular weight excluding hydrogens is 278 g/mol. The molecule has 0 N–H and O–H groups in total. The van der Waals surface area contributed by atoms with Crippen molar-refractivity contribution in [2.24, 2.45) is 15.8 Å². The lowest BCUT2D eigenvalue weighted by Gasteiger charge is -2.23. The van der Waals surface area contributed by atoms with Crippen LogP contribution in [0.25, 0.3) is 0 Å². The molecule has 0 aromatic rings. The molecule has 23 heavy (non-hydrogen) atoms. The highest BCUT2D eigenvalue weighted by molar-refractivity contribution is 6.12. The summed E-state index contributed by atoms with van der Waals surface area (Å²) in [6, 6.07) is 0. The van der Waals surface area contributed by atoms with Gasteiger partial charge in [-0.05, 0) is 35.3 Å². The number of allylic oxidation sites excluding steroid dienone is 7. The molecule has 0 unspecified atom stereocenters. The molecule has 0 bridgehead atoms. The highest BCUT2D eigenvalue weighted by Gasteiger charge is 2.18. The number of hydrogen-bond donors (Lipinski definition) is 0. The fourth-order valence-electron chi connectivity index (χ4n) is 2.65. The van der Waals surface area contributed by atoms with Gasteiger partial charge in [-0.3, -0.25) is 4.99 Å². The number of rotatable bonds is 6. The Morgan fingerprint density at radius 3 is 2.35 bits per heavy atom. The van der Waals surface area contributed by atoms with E-state index in [4.69, 9.17) is 0 Å². The molecule has 0 spiro atoms. The average Bonchev–Trinajstić information content (AvgIpc) is 2.39. The highest BCUT2D eigenvalue weighted by atomic mass is 14.7. The third-order valence-electron chi connectivity index (χ3n) is 4.08. The summed E-state index contributed by atoms with van der Waals surface area (Å²) >= 11 is 0. The third kappa shape index (κ3) is 6.99. The summed E-state index contributed by atoms with van der Waals surface area (Å²) in [7, 11) is 0. The first kappa shape index (κ1) is 19.4. The van der Waals surface area contributed by atoms with Gasteiger partial charge in [-0.25, -0.2) is 0 Å². The van der Waals surface area contributed by atoms with Crippen molar-refractivity contribution < 1.29 is 0 Å². The minimum Gasteiger partial charge on any atom is -0.257 e. The largest absolute Gasteiger partial charge is 0.257 e. The second-order valence-electron chi connectivity index (χ2n) is 8.44. The van der Waals surface area contributed by atoms with Gasteiger partial charge in [0.1, 0.15) is 0 Å². The molecule has 0 radical (unpaired) electrons. The molecular formula is C22H33N. The zero-order valence-corrected chi connectivity index (χ0v) is 15.9. The zero-order valence-electron chi connectivity index (χ0n) is 15.9. The van der Waals surface area contributed by atoms with E-state index in [0.717, 1.165) is 36.1 Å². The van der Waals surface area contributed by atoms with Crippen molar-refractivity contribution in [1.29, 1.82) is 0 Å². The Labute approximate surface area is 143 Å². The Balaban J connectivity index is 2.99. The summed E-state index contributed by atoms with van der Waals surface area (Å²) < 4.78 is 0. The van der Waals surface area contributed by atoms with Gasteiger partial charge in [-0.15, -0.1) is 0 Å². The fourth-order valence-corrected chi connectivity index (χ4v) is 2.65. The molecule has 1 aliphatic rings. The van der Waals surface area contributed by atoms with Gasteiger partial charge in [-0.1, -0.05) is 84.9 Å². The lowest BCUT2D eigenvalue weighted by molar-refractivity contribution is 0.351. The van der Waals surface area contributed by atoms with Gasteiger partial charge < -0.3 is 0 Å². The van der Waals surface area contributed by atoms with Gasteiger partial charge >= 0.3 is 0 Å². The van der Waals surface area contributed by atoms with E-state index < -0.39 is 0 Å². The van der Waals surface area contributed by atoms with Gasteiger partial charge in [0.05, 0.1) is 5.71 Å². The molecule has 0 atom stereocenters. The van der Waals surface area contributed by atoms with Crippen molar-refractivity contribution in [2.75, 3.05) is 0 Å². The summed E-state index contributed by atoms with van der Waals surface area (Å²) in [5.74, 6) is 0. The fraction of sp³-hybridized carbons (Fsp3) is 0.500. The van der Waals surface area contributed by atoms with Crippen LogP contribution in [0.3, 0.4) is 0 Å². The summed E-state index contributed by atoms with van der Waals surface area (Å²) in [5, 5.41) is 0. The standard InChI is InChI=1S/C22H33N/c1-9-22(7,8)15-17(3)13-19-12-11-18(16-21(4,5)6)14-20(19)23-10-2/h10-14H,2-3,9,15-16H2,1,4-8H3/b19-13-,23-20?. The van der Waals surface area contributed by atoms with Crippen LogP contribution in [-0.2, 0) is 0 Å². The van der Waals surface area contributed by atoms with Crippen LogP contribution in [0, 0.1) is 10.8 Å². The van der Waals surface area contributed by atoms with Gasteiger partial charge in [0.2, 0.25) is 0 Å². The monoisotopic (exact) mass is 311 g/mol. The van der Waals surface area contributed by atoms with Crippen LogP contribution in [0.15, 0.2) is 65.4 Å². The molecule has 0 saturated carbocycles. The van der Waals surface area contributed by atoms with E-state index >= 15 is 0 Å². The van der Waals surface area contributed by atoms with Crippen molar-refractivity contribution in [2.45, 2.75) is 60.8 Å². The predicted octanol–water partition coefficient (Wildman–Crippen LogP) is 6.81. The lowest BCUT2D eigenvalue weighted by atomic mass is 9.82. The smallest absolute Gasteiger partial charge is 0.0704 e. The number of hydrogen-bond acceptors (Lipinski definition) is 1. The summed E-state index contributed by atoms with van der Waals surface area (Å²) in [4.78, 5) is 4.46. The minimum atomic E-state index is 0.269. The van der Waals surface area contributed by atoms with Crippen LogP contribution in [0.2, 0.25) is 0 Å². The molecule has 1 heteroatoms. The Hall–Kier alpha value is -1.63. The van der Waals surface area contributed by atoms with Crippen LogP contribution >= 0.6 is 0 Å². The van der Waals surface area contributed by atoms with Crippen LogP contribution in [0.5, 0.6) is 0 Å². The third-order valence-corrected chi connectivity index (χ3v) is 4.08. The van der Waals surface area contributed by atoms with Crippen molar-refractivity contribution >= 4 is 5.71 Å². The van der Waals surface area contributed by atoms with Gasteiger partial charge in [0, 0.05) is 11.8 Å². The van der Waals surface area contributed by atoms with E-state index in [1.165, 1.54) is 5.57 Å². The second kappa shape index (κ2) is 7.77. The van der Waals surface area contributed by atoms with Crippen molar-refractivity contribution in [3.8, 4) is 0 Å². The molecule has 126 valence electrons. The number of aliphatic imine (C=N–C) groups is 1.